The van der Waals surface area contributed by atoms with Gasteiger partial charge >= 0.3 is 0 Å². The topological polar surface area (TPSA) is 32.3 Å². The Morgan fingerprint density at radius 2 is 2.42 bits per heavy atom. The molecule has 0 unspecified atom stereocenters. The van der Waals surface area contributed by atoms with Gasteiger partial charge in [0, 0.05) is 18.8 Å². The molecule has 1 heterocycles. The minimum Gasteiger partial charge on any atom is -0.396 e. The summed E-state index contributed by atoms with van der Waals surface area (Å²) in [5.74, 6) is 0. The van der Waals surface area contributed by atoms with Crippen molar-refractivity contribution >= 4 is 0 Å². The molecule has 0 spiro atoms. The predicted octanol–water partition coefficient (Wildman–Crippen LogP) is 1.34. The van der Waals surface area contributed by atoms with Crippen LogP contribution >= 0.6 is 0 Å². The molecule has 1 aliphatic carbocycles. The van der Waals surface area contributed by atoms with Crippen molar-refractivity contribution in [1.29, 1.82) is 0 Å². The normalized spacial score (nSPS) is 21.9. The zero-order valence-electron chi connectivity index (χ0n) is 7.27. The lowest BCUT2D eigenvalue weighted by atomic mass is 9.96. The predicted molar refractivity (Wildman–Crippen MR) is 48.7 cm³/mol. The molecule has 12 heavy (non-hydrogen) atoms. The lowest BCUT2D eigenvalue weighted by Gasteiger charge is -2.11. The van der Waals surface area contributed by atoms with Gasteiger partial charge in [-0.1, -0.05) is 6.08 Å². The van der Waals surface area contributed by atoms with Gasteiger partial charge in [0.2, 0.25) is 0 Å². The minimum absolute atomic E-state index is 0.286. The molecule has 2 nitrogen and oxygen atoms in total. The number of aliphatic hydroxyl groups is 1. The van der Waals surface area contributed by atoms with Crippen molar-refractivity contribution in [3.8, 4) is 0 Å². The van der Waals surface area contributed by atoms with E-state index in [1.165, 1.54) is 36.1 Å². The molecule has 1 aliphatic heterocycles. The first-order chi connectivity index (χ1) is 5.92. The summed E-state index contributed by atoms with van der Waals surface area (Å²) < 4.78 is 0. The van der Waals surface area contributed by atoms with Crippen molar-refractivity contribution < 1.29 is 5.11 Å². The summed E-state index contributed by atoms with van der Waals surface area (Å²) in [6.45, 7) is 1.25. The molecule has 0 saturated carbocycles. The van der Waals surface area contributed by atoms with E-state index < -0.39 is 0 Å². The van der Waals surface area contributed by atoms with Gasteiger partial charge in [0.05, 0.1) is 0 Å². The van der Waals surface area contributed by atoms with Gasteiger partial charge < -0.3 is 10.4 Å². The maximum absolute atomic E-state index is 8.84. The van der Waals surface area contributed by atoms with Crippen molar-refractivity contribution in [2.24, 2.45) is 0 Å². The number of allylic oxidation sites excluding steroid dienone is 2. The lowest BCUT2D eigenvalue weighted by Crippen LogP contribution is -2.09. The number of hydrogen-bond donors (Lipinski definition) is 2. The minimum atomic E-state index is 0.286. The maximum Gasteiger partial charge on any atom is 0.0469 e. The molecular formula is C10H15NO. The van der Waals surface area contributed by atoms with E-state index in [1.54, 1.807) is 0 Å². The molecule has 0 saturated heterocycles. The summed E-state index contributed by atoms with van der Waals surface area (Å²) in [5.41, 5.74) is 4.24. The smallest absolute Gasteiger partial charge is 0.0469 e. The first-order valence-corrected chi connectivity index (χ1v) is 4.68. The second kappa shape index (κ2) is 3.31. The van der Waals surface area contributed by atoms with Gasteiger partial charge in [-0.2, -0.15) is 0 Å². The Morgan fingerprint density at radius 1 is 1.50 bits per heavy atom. The van der Waals surface area contributed by atoms with Crippen LogP contribution < -0.4 is 5.32 Å². The second-order valence-electron chi connectivity index (χ2n) is 3.42. The average molecular weight is 165 g/mol. The van der Waals surface area contributed by atoms with Gasteiger partial charge in [0.1, 0.15) is 0 Å². The first-order valence-electron chi connectivity index (χ1n) is 4.68. The highest BCUT2D eigenvalue weighted by molar-refractivity contribution is 5.42. The first kappa shape index (κ1) is 7.87. The molecule has 2 N–H and O–H groups in total. The third kappa shape index (κ3) is 1.27. The maximum atomic E-state index is 8.84. The summed E-state index contributed by atoms with van der Waals surface area (Å²) in [6, 6.07) is 0. The van der Waals surface area contributed by atoms with E-state index in [-0.39, 0.29) is 6.61 Å². The zero-order valence-corrected chi connectivity index (χ0v) is 7.27. The summed E-state index contributed by atoms with van der Waals surface area (Å²) in [7, 11) is 0. The molecule has 2 aliphatic rings. The van der Waals surface area contributed by atoms with Crippen molar-refractivity contribution in [1.82, 2.24) is 5.32 Å². The van der Waals surface area contributed by atoms with Crippen LogP contribution in [0.15, 0.2) is 22.9 Å². The molecule has 2 heteroatoms. The Balaban J connectivity index is 2.20. The zero-order chi connectivity index (χ0) is 8.39. The van der Waals surface area contributed by atoms with Gasteiger partial charge in [0.25, 0.3) is 0 Å². The largest absolute Gasteiger partial charge is 0.396 e. The van der Waals surface area contributed by atoms with Crippen molar-refractivity contribution in [3.63, 3.8) is 0 Å². The van der Waals surface area contributed by atoms with E-state index >= 15 is 0 Å². The standard InChI is InChI=1S/C10H15NO/c12-6-5-8-7-11-10-4-2-1-3-9(8)10/h4,11-12H,1-3,5-7H2. The Labute approximate surface area is 73.0 Å². The molecule has 0 aromatic rings. The van der Waals surface area contributed by atoms with E-state index in [4.69, 9.17) is 5.11 Å². The molecule has 0 amide bonds. The van der Waals surface area contributed by atoms with Crippen LogP contribution in [0.1, 0.15) is 25.7 Å². The molecule has 0 aromatic heterocycles. The summed E-state index contributed by atoms with van der Waals surface area (Å²) in [4.78, 5) is 0. The fraction of sp³-hybridized carbons (Fsp3) is 0.600. The van der Waals surface area contributed by atoms with E-state index in [9.17, 15) is 0 Å². The second-order valence-corrected chi connectivity index (χ2v) is 3.42. The van der Waals surface area contributed by atoms with Crippen LogP contribution in [0.2, 0.25) is 0 Å². The van der Waals surface area contributed by atoms with Crippen LogP contribution in [-0.2, 0) is 0 Å². The fourth-order valence-corrected chi connectivity index (χ4v) is 2.01. The lowest BCUT2D eigenvalue weighted by molar-refractivity contribution is 0.298. The van der Waals surface area contributed by atoms with Gasteiger partial charge in [0.15, 0.2) is 0 Å². The van der Waals surface area contributed by atoms with Crippen molar-refractivity contribution in [2.75, 3.05) is 13.2 Å². The van der Waals surface area contributed by atoms with Crippen LogP contribution in [0.5, 0.6) is 0 Å². The van der Waals surface area contributed by atoms with E-state index in [2.05, 4.69) is 11.4 Å². The number of hydrogen-bond acceptors (Lipinski definition) is 2. The number of rotatable bonds is 2. The van der Waals surface area contributed by atoms with Crippen LogP contribution in [0, 0.1) is 0 Å². The van der Waals surface area contributed by atoms with Gasteiger partial charge in [-0.3, -0.25) is 0 Å². The Kier molecular flexibility index (Phi) is 2.17. The Morgan fingerprint density at radius 3 is 3.25 bits per heavy atom. The van der Waals surface area contributed by atoms with Crippen LogP contribution in [0.25, 0.3) is 0 Å². The van der Waals surface area contributed by atoms with E-state index in [1.807, 2.05) is 0 Å². The molecule has 0 radical (unpaired) electrons. The van der Waals surface area contributed by atoms with Gasteiger partial charge in [-0.15, -0.1) is 0 Å². The highest BCUT2D eigenvalue weighted by atomic mass is 16.2. The highest BCUT2D eigenvalue weighted by Crippen LogP contribution is 2.30. The van der Waals surface area contributed by atoms with Crippen LogP contribution in [0.4, 0.5) is 0 Å². The summed E-state index contributed by atoms with van der Waals surface area (Å²) in [6.07, 6.45) is 6.81. The molecular weight excluding hydrogens is 150 g/mol. The van der Waals surface area contributed by atoms with E-state index in [0.717, 1.165) is 13.0 Å². The number of fused-ring (bicyclic) bond motifs is 1. The van der Waals surface area contributed by atoms with Crippen molar-refractivity contribution in [2.45, 2.75) is 25.7 Å². The quantitative estimate of drug-likeness (QED) is 0.647. The van der Waals surface area contributed by atoms with Crippen molar-refractivity contribution in [3.05, 3.63) is 22.9 Å². The van der Waals surface area contributed by atoms with Gasteiger partial charge in [-0.05, 0) is 36.8 Å². The SMILES string of the molecule is OCCC1=C2CCCC=C2NC1. The van der Waals surface area contributed by atoms with Crippen LogP contribution in [-0.4, -0.2) is 18.3 Å². The molecule has 0 aromatic carbocycles. The Hall–Kier alpha value is -0.760. The van der Waals surface area contributed by atoms with E-state index in [0.29, 0.717) is 0 Å². The fourth-order valence-electron chi connectivity index (χ4n) is 2.01. The molecule has 0 atom stereocenters. The number of nitrogens with one attached hydrogen (secondary N) is 1. The summed E-state index contributed by atoms with van der Waals surface area (Å²) >= 11 is 0. The molecule has 0 fully saturated rings. The monoisotopic (exact) mass is 165 g/mol. The highest BCUT2D eigenvalue weighted by Gasteiger charge is 2.19. The third-order valence-electron chi connectivity index (χ3n) is 2.64. The third-order valence-corrected chi connectivity index (χ3v) is 2.64. The molecule has 2 rings (SSSR count). The van der Waals surface area contributed by atoms with Gasteiger partial charge in [-0.25, -0.2) is 0 Å². The Bertz CT molecular complexity index is 240. The summed E-state index contributed by atoms with van der Waals surface area (Å²) in [5, 5.41) is 12.2. The molecule has 0 bridgehead atoms. The average Bonchev–Trinajstić information content (AvgIpc) is 2.50. The van der Waals surface area contributed by atoms with Crippen LogP contribution in [0.3, 0.4) is 0 Å². The molecule has 66 valence electrons. The number of aliphatic hydroxyl groups excluding tert-OH is 1.